The molecular weight excluding hydrogens is 278 g/mol. The Labute approximate surface area is 121 Å². The molecule has 0 aliphatic rings. The highest BCUT2D eigenvalue weighted by molar-refractivity contribution is 7.99. The van der Waals surface area contributed by atoms with E-state index in [1.54, 1.807) is 6.26 Å². The molecule has 0 spiro atoms. The summed E-state index contributed by atoms with van der Waals surface area (Å²) >= 11 is 1.17. The Kier molecular flexibility index (Phi) is 4.49. The number of thioether (sulfide) groups is 1. The number of rotatable bonds is 6. The van der Waals surface area contributed by atoms with Crippen LogP contribution in [0.4, 0.5) is 0 Å². The molecule has 2 rings (SSSR count). The van der Waals surface area contributed by atoms with Gasteiger partial charge in [0.05, 0.1) is 18.1 Å². The van der Waals surface area contributed by atoms with Gasteiger partial charge in [-0.2, -0.15) is 0 Å². The maximum Gasteiger partial charge on any atom is 0.313 e. The van der Waals surface area contributed by atoms with Crippen molar-refractivity contribution in [2.24, 2.45) is 0 Å². The number of hydrogen-bond donors (Lipinski definition) is 1. The van der Waals surface area contributed by atoms with Crippen molar-refractivity contribution in [3.05, 3.63) is 30.0 Å². The van der Waals surface area contributed by atoms with E-state index < -0.39 is 5.97 Å². The Morgan fingerprint density at radius 2 is 2.20 bits per heavy atom. The number of aliphatic carboxylic acids is 1. The fraction of sp³-hybridized carbons (Fsp3) is 0.462. The summed E-state index contributed by atoms with van der Waals surface area (Å²) in [5, 5.41) is 17.7. The van der Waals surface area contributed by atoms with Crippen LogP contribution in [-0.4, -0.2) is 31.6 Å². The Morgan fingerprint density at radius 1 is 1.45 bits per heavy atom. The summed E-state index contributed by atoms with van der Waals surface area (Å²) in [4.78, 5) is 10.7. The van der Waals surface area contributed by atoms with Gasteiger partial charge in [0.25, 0.3) is 0 Å². The number of nitrogens with zero attached hydrogens (tertiary/aromatic N) is 3. The van der Waals surface area contributed by atoms with Crippen LogP contribution in [0.1, 0.15) is 44.3 Å². The zero-order chi connectivity index (χ0) is 14.7. The van der Waals surface area contributed by atoms with Crippen LogP contribution in [0.2, 0.25) is 0 Å². The summed E-state index contributed by atoms with van der Waals surface area (Å²) in [6.45, 7) is 6.04. The maximum atomic E-state index is 10.7. The highest BCUT2D eigenvalue weighted by Gasteiger charge is 2.22. The molecule has 0 aliphatic carbocycles. The molecule has 108 valence electrons. The number of carboxylic acid groups (broad SMARTS) is 1. The summed E-state index contributed by atoms with van der Waals surface area (Å²) in [6, 6.07) is 3.64. The van der Waals surface area contributed by atoms with Gasteiger partial charge in [-0.1, -0.05) is 25.6 Å². The van der Waals surface area contributed by atoms with E-state index in [0.717, 1.165) is 11.6 Å². The van der Waals surface area contributed by atoms with Crippen LogP contribution in [0.3, 0.4) is 0 Å². The second kappa shape index (κ2) is 6.13. The van der Waals surface area contributed by atoms with Crippen LogP contribution in [0.15, 0.2) is 28.0 Å². The molecule has 0 saturated heterocycles. The summed E-state index contributed by atoms with van der Waals surface area (Å²) in [6.07, 6.45) is 1.62. The molecule has 1 unspecified atom stereocenters. The predicted octanol–water partition coefficient (Wildman–Crippen LogP) is 2.78. The standard InChI is InChI=1S/C13H17N3O3S/c1-8(2)12-14-15-13(20-7-11(17)18)16(12)9(3)10-5-4-6-19-10/h4-6,8-9H,7H2,1-3H3,(H,17,18). The fourth-order valence-electron chi connectivity index (χ4n) is 1.93. The van der Waals surface area contributed by atoms with Gasteiger partial charge < -0.3 is 9.52 Å². The molecule has 1 atom stereocenters. The van der Waals surface area contributed by atoms with Crippen molar-refractivity contribution >= 4 is 17.7 Å². The topological polar surface area (TPSA) is 81.1 Å². The highest BCUT2D eigenvalue weighted by Crippen LogP contribution is 2.29. The zero-order valence-corrected chi connectivity index (χ0v) is 12.4. The lowest BCUT2D eigenvalue weighted by molar-refractivity contribution is -0.133. The molecule has 7 heteroatoms. The van der Waals surface area contributed by atoms with Gasteiger partial charge in [0.2, 0.25) is 0 Å². The Balaban J connectivity index is 2.36. The first-order valence-electron chi connectivity index (χ1n) is 6.33. The molecule has 1 N–H and O–H groups in total. The minimum absolute atomic E-state index is 0.0406. The zero-order valence-electron chi connectivity index (χ0n) is 11.6. The summed E-state index contributed by atoms with van der Waals surface area (Å²) in [5.41, 5.74) is 0. The molecule has 0 fully saturated rings. The quantitative estimate of drug-likeness (QED) is 0.825. The second-order valence-corrected chi connectivity index (χ2v) is 5.68. The van der Waals surface area contributed by atoms with Crippen molar-refractivity contribution in [2.75, 3.05) is 5.75 Å². The van der Waals surface area contributed by atoms with Gasteiger partial charge in [-0.15, -0.1) is 10.2 Å². The first-order chi connectivity index (χ1) is 9.50. The van der Waals surface area contributed by atoms with Crippen LogP contribution >= 0.6 is 11.8 Å². The number of hydrogen-bond acceptors (Lipinski definition) is 5. The van der Waals surface area contributed by atoms with E-state index in [1.807, 2.05) is 37.5 Å². The SMILES string of the molecule is CC(C)c1nnc(SCC(=O)O)n1C(C)c1ccco1. The lowest BCUT2D eigenvalue weighted by Crippen LogP contribution is -2.13. The molecule has 2 aromatic rings. The molecule has 0 radical (unpaired) electrons. The Hall–Kier alpha value is -1.76. The first-order valence-corrected chi connectivity index (χ1v) is 7.32. The minimum Gasteiger partial charge on any atom is -0.481 e. The van der Waals surface area contributed by atoms with E-state index in [2.05, 4.69) is 10.2 Å². The third kappa shape index (κ3) is 3.04. The third-order valence-corrected chi connectivity index (χ3v) is 3.80. The minimum atomic E-state index is -0.874. The lowest BCUT2D eigenvalue weighted by atomic mass is 10.2. The molecule has 2 heterocycles. The molecule has 0 bridgehead atoms. The number of carbonyl (C=O) groups is 1. The van der Waals surface area contributed by atoms with Crippen LogP contribution in [0.5, 0.6) is 0 Å². The third-order valence-electron chi connectivity index (χ3n) is 2.87. The van der Waals surface area contributed by atoms with Crippen molar-refractivity contribution in [3.8, 4) is 0 Å². The van der Waals surface area contributed by atoms with Gasteiger partial charge in [0, 0.05) is 5.92 Å². The van der Waals surface area contributed by atoms with Crippen molar-refractivity contribution in [1.29, 1.82) is 0 Å². The highest BCUT2D eigenvalue weighted by atomic mass is 32.2. The smallest absolute Gasteiger partial charge is 0.313 e. The summed E-state index contributed by atoms with van der Waals surface area (Å²) < 4.78 is 7.37. The van der Waals surface area contributed by atoms with Crippen LogP contribution in [0.25, 0.3) is 0 Å². The lowest BCUT2D eigenvalue weighted by Gasteiger charge is -2.17. The van der Waals surface area contributed by atoms with Crippen molar-refractivity contribution in [1.82, 2.24) is 14.8 Å². The molecule has 0 aromatic carbocycles. The van der Waals surface area contributed by atoms with Gasteiger partial charge in [-0.25, -0.2) is 0 Å². The van der Waals surface area contributed by atoms with Gasteiger partial charge >= 0.3 is 5.97 Å². The first kappa shape index (κ1) is 14.6. The molecular formula is C13H17N3O3S. The summed E-state index contributed by atoms with van der Waals surface area (Å²) in [5.74, 6) is 0.896. The average molecular weight is 295 g/mol. The monoisotopic (exact) mass is 295 g/mol. The number of carboxylic acids is 1. The van der Waals surface area contributed by atoms with Crippen LogP contribution in [0, 0.1) is 0 Å². The average Bonchev–Trinajstić information content (AvgIpc) is 3.04. The molecule has 6 nitrogen and oxygen atoms in total. The van der Waals surface area contributed by atoms with E-state index in [0.29, 0.717) is 5.16 Å². The molecule has 0 amide bonds. The largest absolute Gasteiger partial charge is 0.481 e. The molecule has 0 saturated carbocycles. The maximum absolute atomic E-state index is 10.7. The van der Waals surface area contributed by atoms with E-state index in [4.69, 9.17) is 9.52 Å². The normalized spacial score (nSPS) is 12.8. The van der Waals surface area contributed by atoms with E-state index >= 15 is 0 Å². The van der Waals surface area contributed by atoms with Gasteiger partial charge in [0.1, 0.15) is 11.6 Å². The van der Waals surface area contributed by atoms with E-state index in [9.17, 15) is 4.79 Å². The second-order valence-electron chi connectivity index (χ2n) is 4.74. The van der Waals surface area contributed by atoms with Gasteiger partial charge in [-0.3, -0.25) is 9.36 Å². The molecule has 0 aliphatic heterocycles. The van der Waals surface area contributed by atoms with Crippen molar-refractivity contribution in [2.45, 2.75) is 37.9 Å². The van der Waals surface area contributed by atoms with Crippen LogP contribution < -0.4 is 0 Å². The van der Waals surface area contributed by atoms with Gasteiger partial charge in [0.15, 0.2) is 5.16 Å². The molecule has 2 aromatic heterocycles. The van der Waals surface area contributed by atoms with Crippen molar-refractivity contribution < 1.29 is 14.3 Å². The predicted molar refractivity (Wildman–Crippen MR) is 75.0 cm³/mol. The number of aromatic nitrogens is 3. The Bertz CT molecular complexity index is 578. The van der Waals surface area contributed by atoms with Gasteiger partial charge in [-0.05, 0) is 19.1 Å². The fourth-order valence-corrected chi connectivity index (χ4v) is 2.67. The summed E-state index contributed by atoms with van der Waals surface area (Å²) in [7, 11) is 0. The van der Waals surface area contributed by atoms with E-state index in [1.165, 1.54) is 11.8 Å². The van der Waals surface area contributed by atoms with E-state index in [-0.39, 0.29) is 17.7 Å². The van der Waals surface area contributed by atoms with Crippen molar-refractivity contribution in [3.63, 3.8) is 0 Å². The molecule has 20 heavy (non-hydrogen) atoms. The Morgan fingerprint density at radius 3 is 2.75 bits per heavy atom. The van der Waals surface area contributed by atoms with Crippen LogP contribution in [-0.2, 0) is 4.79 Å². The number of furan rings is 1.